The molecule has 0 aliphatic carbocycles. The number of methoxy groups -OCH3 is 3. The Morgan fingerprint density at radius 2 is 1.73 bits per heavy atom. The van der Waals surface area contributed by atoms with E-state index in [1.54, 1.807) is 19.2 Å². The fourth-order valence-corrected chi connectivity index (χ4v) is 3.65. The number of nitrogens with zero attached hydrogens (tertiary/aromatic N) is 2. The highest BCUT2D eigenvalue weighted by Gasteiger charge is 2.31. The molecule has 0 radical (unpaired) electrons. The third-order valence-electron chi connectivity index (χ3n) is 5.47. The zero-order chi connectivity index (χ0) is 24.0. The van der Waals surface area contributed by atoms with Crippen molar-refractivity contribution in [2.45, 2.75) is 31.6 Å². The second-order valence-electron chi connectivity index (χ2n) is 7.50. The molecule has 1 aliphatic heterocycles. The average Bonchev–Trinajstić information content (AvgIpc) is 2.82. The quantitative estimate of drug-likeness (QED) is 0.646. The number of anilines is 1. The molecular formula is C22H27F3N4O4. The fraction of sp³-hybridized carbons (Fsp3) is 0.455. The highest BCUT2D eigenvalue weighted by molar-refractivity contribution is 5.74. The summed E-state index contributed by atoms with van der Waals surface area (Å²) in [5, 5.41) is 5.75. The van der Waals surface area contributed by atoms with Gasteiger partial charge in [0, 0.05) is 37.5 Å². The number of hydrogen-bond donors (Lipinski definition) is 2. The van der Waals surface area contributed by atoms with Crippen molar-refractivity contribution in [3.05, 3.63) is 41.6 Å². The average molecular weight is 468 g/mol. The topological polar surface area (TPSA) is 85.0 Å². The molecule has 0 spiro atoms. The van der Waals surface area contributed by atoms with Crippen molar-refractivity contribution in [3.63, 3.8) is 0 Å². The van der Waals surface area contributed by atoms with Gasteiger partial charge in [-0.3, -0.25) is 0 Å². The number of nitrogens with one attached hydrogen (secondary N) is 2. The SMILES string of the molecule is COc1cc(OC)c(CNC(=O)NC2CCN(c3ccc(C(F)(F)F)cn3)CC2)c(OC)c1. The van der Waals surface area contributed by atoms with E-state index in [-0.39, 0.29) is 18.6 Å². The van der Waals surface area contributed by atoms with E-state index >= 15 is 0 Å². The highest BCUT2D eigenvalue weighted by atomic mass is 19.4. The van der Waals surface area contributed by atoms with Gasteiger partial charge < -0.3 is 29.7 Å². The molecule has 0 unspecified atom stereocenters. The molecule has 180 valence electrons. The number of ether oxygens (including phenoxy) is 3. The minimum atomic E-state index is -4.41. The monoisotopic (exact) mass is 468 g/mol. The second-order valence-corrected chi connectivity index (χ2v) is 7.50. The Morgan fingerprint density at radius 3 is 2.21 bits per heavy atom. The molecule has 33 heavy (non-hydrogen) atoms. The molecule has 1 aromatic heterocycles. The van der Waals surface area contributed by atoms with Gasteiger partial charge in [0.05, 0.1) is 39.0 Å². The zero-order valence-corrected chi connectivity index (χ0v) is 18.7. The predicted octanol–water partition coefficient (Wildman–Crippen LogP) is 3.59. The Bertz CT molecular complexity index is 921. The first kappa shape index (κ1) is 24.3. The van der Waals surface area contributed by atoms with Crippen LogP contribution in [0.4, 0.5) is 23.8 Å². The largest absolute Gasteiger partial charge is 0.496 e. The first-order valence-electron chi connectivity index (χ1n) is 10.4. The number of alkyl halides is 3. The maximum absolute atomic E-state index is 12.7. The molecule has 8 nitrogen and oxygen atoms in total. The van der Waals surface area contributed by atoms with E-state index in [0.717, 1.165) is 12.3 Å². The Morgan fingerprint density at radius 1 is 1.09 bits per heavy atom. The molecule has 1 fully saturated rings. The highest BCUT2D eigenvalue weighted by Crippen LogP contribution is 2.34. The number of benzene rings is 1. The van der Waals surface area contributed by atoms with Crippen LogP contribution in [0.15, 0.2) is 30.5 Å². The maximum atomic E-state index is 12.7. The second kappa shape index (κ2) is 10.5. The molecule has 2 heterocycles. The van der Waals surface area contributed by atoms with Crippen molar-refractivity contribution in [3.8, 4) is 17.2 Å². The number of amides is 2. The van der Waals surface area contributed by atoms with Crippen LogP contribution in [-0.4, -0.2) is 51.5 Å². The molecule has 2 aromatic rings. The number of halogens is 3. The van der Waals surface area contributed by atoms with Crippen LogP contribution >= 0.6 is 0 Å². The van der Waals surface area contributed by atoms with Gasteiger partial charge in [-0.05, 0) is 25.0 Å². The predicted molar refractivity (Wildman–Crippen MR) is 116 cm³/mol. The van der Waals surface area contributed by atoms with Crippen LogP contribution in [0.5, 0.6) is 17.2 Å². The van der Waals surface area contributed by atoms with Crippen molar-refractivity contribution in [1.82, 2.24) is 15.6 Å². The summed E-state index contributed by atoms with van der Waals surface area (Å²) < 4.78 is 54.1. The summed E-state index contributed by atoms with van der Waals surface area (Å²) in [5.41, 5.74) is -0.0938. The van der Waals surface area contributed by atoms with Crippen LogP contribution in [0, 0.1) is 0 Å². The van der Waals surface area contributed by atoms with Gasteiger partial charge in [0.2, 0.25) is 0 Å². The molecule has 3 rings (SSSR count). The van der Waals surface area contributed by atoms with Gasteiger partial charge in [-0.1, -0.05) is 0 Å². The number of hydrogen-bond acceptors (Lipinski definition) is 6. The summed E-state index contributed by atoms with van der Waals surface area (Å²) in [6, 6.07) is 5.43. The first-order valence-corrected chi connectivity index (χ1v) is 10.4. The fourth-order valence-electron chi connectivity index (χ4n) is 3.65. The van der Waals surface area contributed by atoms with E-state index in [1.165, 1.54) is 20.3 Å². The van der Waals surface area contributed by atoms with Gasteiger partial charge in [0.15, 0.2) is 0 Å². The minimum absolute atomic E-state index is 0.0599. The Balaban J connectivity index is 1.51. The number of pyridine rings is 1. The van der Waals surface area contributed by atoms with Gasteiger partial charge in [-0.25, -0.2) is 9.78 Å². The summed E-state index contributed by atoms with van der Waals surface area (Å²) in [6.07, 6.45) is -2.28. The third-order valence-corrected chi connectivity index (χ3v) is 5.47. The Labute approximate surface area is 190 Å². The van der Waals surface area contributed by atoms with Crippen LogP contribution in [-0.2, 0) is 12.7 Å². The van der Waals surface area contributed by atoms with Crippen molar-refractivity contribution in [1.29, 1.82) is 0 Å². The van der Waals surface area contributed by atoms with E-state index in [9.17, 15) is 18.0 Å². The summed E-state index contributed by atoms with van der Waals surface area (Å²) >= 11 is 0. The zero-order valence-electron chi connectivity index (χ0n) is 18.7. The van der Waals surface area contributed by atoms with Gasteiger partial charge in [0.25, 0.3) is 0 Å². The van der Waals surface area contributed by atoms with Crippen LogP contribution in [0.25, 0.3) is 0 Å². The molecule has 11 heteroatoms. The van der Waals surface area contributed by atoms with Crippen molar-refractivity contribution in [2.24, 2.45) is 0 Å². The Kier molecular flexibility index (Phi) is 7.72. The van der Waals surface area contributed by atoms with Crippen LogP contribution < -0.4 is 29.7 Å². The molecule has 1 saturated heterocycles. The number of aromatic nitrogens is 1. The van der Waals surface area contributed by atoms with Crippen LogP contribution in [0.3, 0.4) is 0 Å². The maximum Gasteiger partial charge on any atom is 0.417 e. The van der Waals surface area contributed by atoms with E-state index in [1.807, 2.05) is 4.90 Å². The van der Waals surface area contributed by atoms with Crippen LogP contribution in [0.2, 0.25) is 0 Å². The van der Waals surface area contributed by atoms with Gasteiger partial charge in [0.1, 0.15) is 23.1 Å². The molecule has 1 aromatic carbocycles. The lowest BCUT2D eigenvalue weighted by molar-refractivity contribution is -0.137. The van der Waals surface area contributed by atoms with E-state index in [0.29, 0.717) is 54.6 Å². The molecule has 2 amide bonds. The normalized spacial score (nSPS) is 14.5. The lowest BCUT2D eigenvalue weighted by Crippen LogP contribution is -2.48. The molecular weight excluding hydrogens is 441 g/mol. The number of piperidine rings is 1. The standard InChI is InChI=1S/C22H27F3N4O4/c1-31-16-10-18(32-2)17(19(11-16)33-3)13-27-21(30)28-15-6-8-29(9-7-15)20-5-4-14(12-26-20)22(23,24)25/h4-5,10-12,15H,6-9,13H2,1-3H3,(H2,27,28,30). The van der Waals surface area contributed by atoms with Gasteiger partial charge in [-0.15, -0.1) is 0 Å². The Hall–Kier alpha value is -3.37. The van der Waals surface area contributed by atoms with Crippen molar-refractivity contribution in [2.75, 3.05) is 39.3 Å². The lowest BCUT2D eigenvalue weighted by atomic mass is 10.1. The number of carbonyl (C=O) groups excluding carboxylic acids is 1. The molecule has 0 bridgehead atoms. The van der Waals surface area contributed by atoms with Crippen LogP contribution in [0.1, 0.15) is 24.0 Å². The lowest BCUT2D eigenvalue weighted by Gasteiger charge is -2.33. The summed E-state index contributed by atoms with van der Waals surface area (Å²) in [6.45, 7) is 1.34. The van der Waals surface area contributed by atoms with Gasteiger partial charge >= 0.3 is 12.2 Å². The minimum Gasteiger partial charge on any atom is -0.496 e. The first-order chi connectivity index (χ1) is 15.7. The molecule has 0 saturated carbocycles. The number of rotatable bonds is 7. The summed E-state index contributed by atoms with van der Waals surface area (Å²) in [4.78, 5) is 18.3. The smallest absolute Gasteiger partial charge is 0.417 e. The molecule has 0 atom stereocenters. The van der Waals surface area contributed by atoms with Crippen molar-refractivity contribution < 1.29 is 32.2 Å². The summed E-state index contributed by atoms with van der Waals surface area (Å²) in [5.74, 6) is 2.13. The van der Waals surface area contributed by atoms with E-state index < -0.39 is 11.7 Å². The molecule has 2 N–H and O–H groups in total. The third kappa shape index (κ3) is 6.11. The number of urea groups is 1. The summed E-state index contributed by atoms with van der Waals surface area (Å²) in [7, 11) is 4.59. The van der Waals surface area contributed by atoms with E-state index in [4.69, 9.17) is 14.2 Å². The number of carbonyl (C=O) groups is 1. The van der Waals surface area contributed by atoms with Gasteiger partial charge in [-0.2, -0.15) is 13.2 Å². The van der Waals surface area contributed by atoms with Crippen molar-refractivity contribution >= 4 is 11.8 Å². The molecule has 1 aliphatic rings. The van der Waals surface area contributed by atoms with E-state index in [2.05, 4.69) is 15.6 Å².